The van der Waals surface area contributed by atoms with Crippen LogP contribution in [-0.4, -0.2) is 11.9 Å². The molecular weight excluding hydrogens is 188 g/mol. The Morgan fingerprint density at radius 3 is 2.93 bits per heavy atom. The van der Waals surface area contributed by atoms with Gasteiger partial charge in [0, 0.05) is 0 Å². The van der Waals surface area contributed by atoms with Crippen LogP contribution in [-0.2, 0) is 4.79 Å². The average Bonchev–Trinajstić information content (AvgIpc) is 2.21. The van der Waals surface area contributed by atoms with Crippen LogP contribution in [0, 0.1) is 6.92 Å². The molecule has 1 aliphatic rings. The molecule has 0 aliphatic carbocycles. The lowest BCUT2D eigenvalue weighted by Gasteiger charge is -2.27. The summed E-state index contributed by atoms with van der Waals surface area (Å²) in [5.74, 6) is 0.0821. The van der Waals surface area contributed by atoms with E-state index in [1.165, 1.54) is 0 Å². The second-order valence-corrected chi connectivity index (χ2v) is 3.97. The van der Waals surface area contributed by atoms with Gasteiger partial charge in [-0.05, 0) is 25.0 Å². The Hall–Kier alpha value is -1.51. The number of nitrogens with one attached hydrogen (secondary N) is 2. The molecule has 0 saturated heterocycles. The monoisotopic (exact) mass is 204 g/mol. The summed E-state index contributed by atoms with van der Waals surface area (Å²) in [5.41, 5.74) is 3.06. The van der Waals surface area contributed by atoms with E-state index in [1.807, 2.05) is 25.1 Å². The van der Waals surface area contributed by atoms with Gasteiger partial charge in [0.1, 0.15) is 6.04 Å². The number of fused-ring (bicyclic) bond motifs is 1. The number of hydrogen-bond acceptors (Lipinski definition) is 2. The van der Waals surface area contributed by atoms with Crippen molar-refractivity contribution in [3.05, 3.63) is 23.8 Å². The first-order valence-corrected chi connectivity index (χ1v) is 5.39. The Kier molecular flexibility index (Phi) is 2.62. The van der Waals surface area contributed by atoms with Crippen molar-refractivity contribution in [2.45, 2.75) is 32.7 Å². The van der Waals surface area contributed by atoms with Gasteiger partial charge in [-0.1, -0.05) is 25.5 Å². The van der Waals surface area contributed by atoms with E-state index < -0.39 is 0 Å². The van der Waals surface area contributed by atoms with E-state index in [2.05, 4.69) is 17.6 Å². The van der Waals surface area contributed by atoms with Crippen LogP contribution >= 0.6 is 0 Å². The topological polar surface area (TPSA) is 41.1 Å². The SMILES string of the molecule is CCCC1Nc2cccc(C)c2NC1=O. The number of carbonyl (C=O) groups excluding carboxylic acids is 1. The molecule has 0 radical (unpaired) electrons. The summed E-state index contributed by atoms with van der Waals surface area (Å²) >= 11 is 0. The number of benzene rings is 1. The summed E-state index contributed by atoms with van der Waals surface area (Å²) in [4.78, 5) is 11.7. The zero-order valence-electron chi connectivity index (χ0n) is 9.13. The van der Waals surface area contributed by atoms with Crippen LogP contribution in [0.1, 0.15) is 25.3 Å². The Morgan fingerprint density at radius 2 is 2.20 bits per heavy atom. The summed E-state index contributed by atoms with van der Waals surface area (Å²) in [6, 6.07) is 5.93. The molecule has 0 aromatic heterocycles. The highest BCUT2D eigenvalue weighted by molar-refractivity contribution is 6.03. The van der Waals surface area contributed by atoms with E-state index >= 15 is 0 Å². The maximum atomic E-state index is 11.7. The highest BCUT2D eigenvalue weighted by Crippen LogP contribution is 2.30. The molecule has 1 heterocycles. The first kappa shape index (κ1) is 10.0. The molecule has 1 amide bonds. The van der Waals surface area contributed by atoms with Crippen molar-refractivity contribution in [3.63, 3.8) is 0 Å². The van der Waals surface area contributed by atoms with Crippen molar-refractivity contribution < 1.29 is 4.79 Å². The molecule has 0 spiro atoms. The summed E-state index contributed by atoms with van der Waals surface area (Å²) in [7, 11) is 0. The Balaban J connectivity index is 2.30. The normalized spacial score (nSPS) is 19.1. The third-order valence-electron chi connectivity index (χ3n) is 2.74. The predicted octanol–water partition coefficient (Wildman–Crippen LogP) is 2.53. The van der Waals surface area contributed by atoms with Gasteiger partial charge >= 0.3 is 0 Å². The van der Waals surface area contributed by atoms with Crippen molar-refractivity contribution in [2.75, 3.05) is 10.6 Å². The van der Waals surface area contributed by atoms with Gasteiger partial charge in [0.25, 0.3) is 0 Å². The Bertz CT molecular complexity index is 387. The van der Waals surface area contributed by atoms with Gasteiger partial charge in [-0.3, -0.25) is 4.79 Å². The molecule has 1 aromatic carbocycles. The second kappa shape index (κ2) is 3.93. The maximum absolute atomic E-state index is 11.7. The lowest BCUT2D eigenvalue weighted by Crippen LogP contribution is -2.38. The third-order valence-corrected chi connectivity index (χ3v) is 2.74. The van der Waals surface area contributed by atoms with Crippen LogP contribution in [0.25, 0.3) is 0 Å². The molecule has 15 heavy (non-hydrogen) atoms. The minimum absolute atomic E-state index is 0.0794. The zero-order valence-corrected chi connectivity index (χ0v) is 9.13. The van der Waals surface area contributed by atoms with Crippen molar-refractivity contribution in [3.8, 4) is 0 Å². The quantitative estimate of drug-likeness (QED) is 0.777. The summed E-state index contributed by atoms with van der Waals surface area (Å²) in [6.07, 6.45) is 1.88. The number of rotatable bonds is 2. The molecule has 1 atom stereocenters. The van der Waals surface area contributed by atoms with Gasteiger partial charge < -0.3 is 10.6 Å². The minimum Gasteiger partial charge on any atom is -0.372 e. The maximum Gasteiger partial charge on any atom is 0.246 e. The first-order valence-electron chi connectivity index (χ1n) is 5.39. The molecular formula is C12H16N2O. The molecule has 2 N–H and O–H groups in total. The van der Waals surface area contributed by atoms with Gasteiger partial charge in [0.15, 0.2) is 0 Å². The number of para-hydroxylation sites is 1. The molecule has 80 valence electrons. The first-order chi connectivity index (χ1) is 7.22. The van der Waals surface area contributed by atoms with Gasteiger partial charge in [0.05, 0.1) is 11.4 Å². The number of hydrogen-bond donors (Lipinski definition) is 2. The van der Waals surface area contributed by atoms with Crippen LogP contribution < -0.4 is 10.6 Å². The molecule has 0 bridgehead atoms. The van der Waals surface area contributed by atoms with E-state index in [-0.39, 0.29) is 11.9 Å². The zero-order chi connectivity index (χ0) is 10.8. The van der Waals surface area contributed by atoms with E-state index in [0.29, 0.717) is 0 Å². The van der Waals surface area contributed by atoms with E-state index in [4.69, 9.17) is 0 Å². The van der Waals surface area contributed by atoms with Crippen molar-refractivity contribution in [1.82, 2.24) is 0 Å². The third kappa shape index (κ3) is 1.82. The highest BCUT2D eigenvalue weighted by Gasteiger charge is 2.24. The summed E-state index contributed by atoms with van der Waals surface area (Å²) in [6.45, 7) is 4.08. The fraction of sp³-hybridized carbons (Fsp3) is 0.417. The van der Waals surface area contributed by atoms with E-state index in [1.54, 1.807) is 0 Å². The van der Waals surface area contributed by atoms with E-state index in [0.717, 1.165) is 29.8 Å². The Morgan fingerprint density at radius 1 is 1.40 bits per heavy atom. The predicted molar refractivity (Wildman–Crippen MR) is 62.1 cm³/mol. The molecule has 0 saturated carbocycles. The van der Waals surface area contributed by atoms with Gasteiger partial charge in [-0.2, -0.15) is 0 Å². The van der Waals surface area contributed by atoms with Crippen molar-refractivity contribution >= 4 is 17.3 Å². The average molecular weight is 204 g/mol. The van der Waals surface area contributed by atoms with Crippen molar-refractivity contribution in [2.24, 2.45) is 0 Å². The lowest BCUT2D eigenvalue weighted by molar-refractivity contribution is -0.117. The Labute approximate surface area is 89.9 Å². The molecule has 1 aromatic rings. The van der Waals surface area contributed by atoms with Gasteiger partial charge in [0.2, 0.25) is 5.91 Å². The second-order valence-electron chi connectivity index (χ2n) is 3.97. The number of amides is 1. The van der Waals surface area contributed by atoms with Gasteiger partial charge in [-0.25, -0.2) is 0 Å². The van der Waals surface area contributed by atoms with Crippen LogP contribution in [0.5, 0.6) is 0 Å². The van der Waals surface area contributed by atoms with Crippen LogP contribution in [0.3, 0.4) is 0 Å². The number of aryl methyl sites for hydroxylation is 1. The van der Waals surface area contributed by atoms with Crippen LogP contribution in [0.15, 0.2) is 18.2 Å². The van der Waals surface area contributed by atoms with Crippen molar-refractivity contribution in [1.29, 1.82) is 0 Å². The number of anilines is 2. The molecule has 3 heteroatoms. The standard InChI is InChI=1S/C12H16N2O/c1-3-5-10-12(15)14-11-8(2)6-4-7-9(11)13-10/h4,6-7,10,13H,3,5H2,1-2H3,(H,14,15). The molecule has 1 unspecified atom stereocenters. The lowest BCUT2D eigenvalue weighted by atomic mass is 10.0. The summed E-state index contributed by atoms with van der Waals surface area (Å²) < 4.78 is 0. The fourth-order valence-corrected chi connectivity index (χ4v) is 1.91. The van der Waals surface area contributed by atoms with Gasteiger partial charge in [-0.15, -0.1) is 0 Å². The fourth-order valence-electron chi connectivity index (χ4n) is 1.91. The summed E-state index contributed by atoms with van der Waals surface area (Å²) in [5, 5.41) is 6.24. The molecule has 2 rings (SSSR count). The van der Waals surface area contributed by atoms with E-state index in [9.17, 15) is 4.79 Å². The molecule has 3 nitrogen and oxygen atoms in total. The van der Waals surface area contributed by atoms with Crippen LogP contribution in [0.2, 0.25) is 0 Å². The highest BCUT2D eigenvalue weighted by atomic mass is 16.2. The molecule has 0 fully saturated rings. The molecule has 1 aliphatic heterocycles. The number of carbonyl (C=O) groups is 1. The smallest absolute Gasteiger partial charge is 0.246 e. The van der Waals surface area contributed by atoms with Crippen LogP contribution in [0.4, 0.5) is 11.4 Å². The minimum atomic E-state index is -0.0794. The largest absolute Gasteiger partial charge is 0.372 e.